The first kappa shape index (κ1) is 7.46. The zero-order chi connectivity index (χ0) is 6.74. The number of rotatable bonds is 0. The Bertz CT molecular complexity index is 85.1. The molecule has 1 heterocycles. The minimum atomic E-state index is -0.0833. The summed E-state index contributed by atoms with van der Waals surface area (Å²) in [5.41, 5.74) is 0. The van der Waals surface area contributed by atoms with Crippen molar-refractivity contribution in [3.8, 4) is 0 Å². The van der Waals surface area contributed by atoms with Crippen molar-refractivity contribution in [1.29, 1.82) is 0 Å². The van der Waals surface area contributed by atoms with Crippen molar-refractivity contribution in [3.05, 3.63) is 5.21 Å². The van der Waals surface area contributed by atoms with Crippen LogP contribution in [0.1, 0.15) is 25.7 Å². The molecule has 2 nitrogen and oxygen atoms in total. The second kappa shape index (κ2) is 2.96. The number of nitrogens with zero attached hydrogens (tertiary/aromatic N) is 1. The second-order valence-electron chi connectivity index (χ2n) is 2.81. The molecule has 0 bridgehead atoms. The highest BCUT2D eigenvalue weighted by Gasteiger charge is 2.12. The molecule has 0 saturated carbocycles. The van der Waals surface area contributed by atoms with Gasteiger partial charge in [0.25, 0.3) is 0 Å². The lowest BCUT2D eigenvalue weighted by Crippen LogP contribution is -2.30. The molecule has 0 aromatic carbocycles. The monoisotopic (exact) mass is 147 g/mol. The number of hydrogen-bond acceptors (Lipinski definition) is 1. The van der Waals surface area contributed by atoms with Crippen molar-refractivity contribution in [2.75, 3.05) is 13.1 Å². The summed E-state index contributed by atoms with van der Waals surface area (Å²) < 4.78 is -0.0833. The van der Waals surface area contributed by atoms with Gasteiger partial charge in [0.05, 0.1) is 22.5 Å². The second-order valence-corrected chi connectivity index (χ2v) is 3.75. The van der Waals surface area contributed by atoms with Crippen LogP contribution in [0.5, 0.6) is 0 Å². The first-order valence-corrected chi connectivity index (χ1v) is 4.09. The quantitative estimate of drug-likeness (QED) is 0.377. The van der Waals surface area contributed by atoms with Gasteiger partial charge in [0.2, 0.25) is 0 Å². The lowest BCUT2D eigenvalue weighted by Gasteiger charge is -2.36. The van der Waals surface area contributed by atoms with Gasteiger partial charge in [-0.05, 0) is 25.7 Å². The van der Waals surface area contributed by atoms with Crippen LogP contribution in [0.2, 0.25) is 0 Å². The van der Waals surface area contributed by atoms with Gasteiger partial charge in [-0.25, -0.2) is 0 Å². The summed E-state index contributed by atoms with van der Waals surface area (Å²) in [6.45, 7) is 1.59. The molecule has 0 amide bonds. The molecule has 0 aliphatic carbocycles. The summed E-state index contributed by atoms with van der Waals surface area (Å²) in [7, 11) is 2.38. The highest BCUT2D eigenvalue weighted by atomic mass is 31.0. The van der Waals surface area contributed by atoms with E-state index in [0.717, 1.165) is 25.9 Å². The molecule has 1 unspecified atom stereocenters. The van der Waals surface area contributed by atoms with Gasteiger partial charge < -0.3 is 9.62 Å². The maximum absolute atomic E-state index is 11.2. The zero-order valence-electron chi connectivity index (χ0n) is 5.68. The van der Waals surface area contributed by atoms with E-state index < -0.39 is 0 Å². The lowest BCUT2D eigenvalue weighted by atomic mass is 10.2. The standard InChI is InChI=1S/C6H14NOP/c8-7(9)5-3-1-2-4-6-7/h1-6,9H2. The molecule has 1 fully saturated rings. The van der Waals surface area contributed by atoms with Gasteiger partial charge >= 0.3 is 0 Å². The Labute approximate surface area is 58.7 Å². The molecule has 0 aromatic heterocycles. The van der Waals surface area contributed by atoms with Gasteiger partial charge in [-0.2, -0.15) is 0 Å². The minimum absolute atomic E-state index is 0.0833. The molecule has 54 valence electrons. The van der Waals surface area contributed by atoms with Crippen LogP contribution >= 0.6 is 9.39 Å². The first-order chi connectivity index (χ1) is 4.21. The van der Waals surface area contributed by atoms with Crippen LogP contribution in [0.3, 0.4) is 0 Å². The zero-order valence-corrected chi connectivity index (χ0v) is 6.83. The lowest BCUT2D eigenvalue weighted by molar-refractivity contribution is -0.744. The van der Waals surface area contributed by atoms with E-state index in [1.807, 2.05) is 0 Å². The first-order valence-electron chi connectivity index (χ1n) is 3.57. The van der Waals surface area contributed by atoms with E-state index in [2.05, 4.69) is 9.39 Å². The van der Waals surface area contributed by atoms with Gasteiger partial charge in [-0.1, -0.05) is 0 Å². The van der Waals surface area contributed by atoms with Crippen molar-refractivity contribution in [3.63, 3.8) is 0 Å². The van der Waals surface area contributed by atoms with Gasteiger partial charge in [-0.3, -0.25) is 0 Å². The SMILES string of the molecule is [O-][N+]1(P)CCCCCC1. The molecular weight excluding hydrogens is 133 g/mol. The van der Waals surface area contributed by atoms with Crippen LogP contribution in [0, 0.1) is 5.21 Å². The number of hydroxylamine groups is 2. The molecule has 0 radical (unpaired) electrons. The van der Waals surface area contributed by atoms with E-state index in [-0.39, 0.29) is 4.42 Å². The third kappa shape index (κ3) is 2.61. The fourth-order valence-electron chi connectivity index (χ4n) is 1.22. The van der Waals surface area contributed by atoms with Gasteiger partial charge in [0.1, 0.15) is 0 Å². The minimum Gasteiger partial charge on any atom is -0.632 e. The summed E-state index contributed by atoms with van der Waals surface area (Å²) in [6, 6.07) is 0. The Hall–Kier alpha value is 0.350. The fraction of sp³-hybridized carbons (Fsp3) is 1.00. The molecule has 1 saturated heterocycles. The average Bonchev–Trinajstić information content (AvgIpc) is 1.92. The van der Waals surface area contributed by atoms with E-state index in [9.17, 15) is 5.21 Å². The summed E-state index contributed by atoms with van der Waals surface area (Å²) in [5.74, 6) is 0. The molecule has 0 aromatic rings. The molecule has 9 heavy (non-hydrogen) atoms. The molecule has 3 heteroatoms. The average molecular weight is 147 g/mol. The van der Waals surface area contributed by atoms with Crippen LogP contribution in [-0.2, 0) is 0 Å². The smallest absolute Gasteiger partial charge is 0.0790 e. The van der Waals surface area contributed by atoms with Gasteiger partial charge in [-0.15, -0.1) is 0 Å². The van der Waals surface area contributed by atoms with E-state index in [0.29, 0.717) is 0 Å². The molecule has 1 aliphatic rings. The van der Waals surface area contributed by atoms with Crippen molar-refractivity contribution >= 4 is 9.39 Å². The van der Waals surface area contributed by atoms with Crippen molar-refractivity contribution in [1.82, 2.24) is 0 Å². The third-order valence-electron chi connectivity index (χ3n) is 1.82. The fourth-order valence-corrected chi connectivity index (χ4v) is 1.59. The molecule has 1 atom stereocenters. The predicted octanol–water partition coefficient (Wildman–Crippen LogP) is 1.67. The normalized spacial score (nSPS) is 27.3. The molecule has 1 aliphatic heterocycles. The summed E-state index contributed by atoms with van der Waals surface area (Å²) in [4.78, 5) is 0. The van der Waals surface area contributed by atoms with Crippen LogP contribution in [0.15, 0.2) is 0 Å². The predicted molar refractivity (Wildman–Crippen MR) is 41.5 cm³/mol. The molecule has 0 spiro atoms. The van der Waals surface area contributed by atoms with Crippen molar-refractivity contribution in [2.24, 2.45) is 0 Å². The summed E-state index contributed by atoms with van der Waals surface area (Å²) in [6.07, 6.45) is 4.70. The third-order valence-corrected chi connectivity index (χ3v) is 2.34. The van der Waals surface area contributed by atoms with E-state index in [1.54, 1.807) is 0 Å². The summed E-state index contributed by atoms with van der Waals surface area (Å²) >= 11 is 0. The van der Waals surface area contributed by atoms with Crippen molar-refractivity contribution < 1.29 is 4.42 Å². The highest BCUT2D eigenvalue weighted by molar-refractivity contribution is 7.09. The van der Waals surface area contributed by atoms with Crippen LogP contribution in [-0.4, -0.2) is 17.5 Å². The largest absolute Gasteiger partial charge is 0.632 e. The topological polar surface area (TPSA) is 23.1 Å². The van der Waals surface area contributed by atoms with E-state index in [4.69, 9.17) is 0 Å². The molecular formula is C6H14NOP. The number of hydrogen-bond donors (Lipinski definition) is 0. The van der Waals surface area contributed by atoms with Gasteiger partial charge in [0.15, 0.2) is 0 Å². The Balaban J connectivity index is 2.36. The number of quaternary nitrogens is 1. The Morgan fingerprint density at radius 3 is 1.89 bits per heavy atom. The molecule has 1 rings (SSSR count). The summed E-state index contributed by atoms with van der Waals surface area (Å²) in [5, 5.41) is 11.2. The molecule has 0 N–H and O–H groups in total. The van der Waals surface area contributed by atoms with Crippen molar-refractivity contribution in [2.45, 2.75) is 25.7 Å². The van der Waals surface area contributed by atoms with E-state index in [1.165, 1.54) is 12.8 Å². The van der Waals surface area contributed by atoms with E-state index >= 15 is 0 Å². The Morgan fingerprint density at radius 2 is 1.44 bits per heavy atom. The van der Waals surface area contributed by atoms with Gasteiger partial charge in [0, 0.05) is 0 Å². The Kier molecular flexibility index (Phi) is 2.45. The maximum atomic E-state index is 11.2. The van der Waals surface area contributed by atoms with Crippen LogP contribution in [0.4, 0.5) is 0 Å². The van der Waals surface area contributed by atoms with Crippen LogP contribution < -0.4 is 0 Å². The Morgan fingerprint density at radius 1 is 1.00 bits per heavy atom. The van der Waals surface area contributed by atoms with Crippen LogP contribution in [0.25, 0.3) is 0 Å². The highest BCUT2D eigenvalue weighted by Crippen LogP contribution is 2.21. The maximum Gasteiger partial charge on any atom is 0.0790 e.